The number of fused-ring (bicyclic) bond motifs is 1. The van der Waals surface area contributed by atoms with Crippen molar-refractivity contribution in [2.24, 2.45) is 10.9 Å². The summed E-state index contributed by atoms with van der Waals surface area (Å²) >= 11 is 0. The molecule has 5 N–H and O–H groups in total. The molecule has 0 radical (unpaired) electrons. The molecule has 1 aliphatic heterocycles. The Morgan fingerprint density at radius 3 is 2.43 bits per heavy atom. The summed E-state index contributed by atoms with van der Waals surface area (Å²) in [5.74, 6) is -1.62. The minimum atomic E-state index is -1.04. The number of carbonyl (C=O) groups is 3. The number of halogens is 1. The van der Waals surface area contributed by atoms with E-state index in [1.165, 1.54) is 24.3 Å². The van der Waals surface area contributed by atoms with Crippen molar-refractivity contribution in [3.05, 3.63) is 75.8 Å². The van der Waals surface area contributed by atoms with E-state index in [1.54, 1.807) is 19.2 Å². The van der Waals surface area contributed by atoms with Gasteiger partial charge in [-0.2, -0.15) is 0 Å². The number of nitrogens with one attached hydrogen (secondary N) is 2. The lowest BCUT2D eigenvalue weighted by Gasteiger charge is -2.27. The van der Waals surface area contributed by atoms with E-state index in [4.69, 9.17) is 15.0 Å². The molecule has 2 aromatic rings. The number of carbonyl (C=O) groups excluding carboxylic acids is 1. The van der Waals surface area contributed by atoms with E-state index in [1.807, 2.05) is 0 Å². The van der Waals surface area contributed by atoms with Crippen LogP contribution in [0.15, 0.2) is 52.7 Å². The van der Waals surface area contributed by atoms with Gasteiger partial charge in [0.15, 0.2) is 5.78 Å². The lowest BCUT2D eigenvalue weighted by Crippen LogP contribution is -2.43. The summed E-state index contributed by atoms with van der Waals surface area (Å²) in [6, 6.07) is 8.78. The van der Waals surface area contributed by atoms with E-state index in [-0.39, 0.29) is 42.0 Å². The van der Waals surface area contributed by atoms with Crippen molar-refractivity contribution in [3.8, 4) is 0 Å². The number of carboxylic acid groups (broad SMARTS) is 2. The highest BCUT2D eigenvalue weighted by molar-refractivity contribution is 6.32. The fourth-order valence-electron chi connectivity index (χ4n) is 3.98. The van der Waals surface area contributed by atoms with Gasteiger partial charge in [-0.3, -0.25) is 14.6 Å². The van der Waals surface area contributed by atoms with Crippen LogP contribution in [-0.2, 0) is 22.4 Å². The molecule has 0 unspecified atom stereocenters. The molecule has 4 rings (SSSR count). The molecule has 0 saturated carbocycles. The van der Waals surface area contributed by atoms with Gasteiger partial charge in [0.2, 0.25) is 0 Å². The van der Waals surface area contributed by atoms with Crippen molar-refractivity contribution in [3.63, 3.8) is 0 Å². The first-order valence-electron chi connectivity index (χ1n) is 10.9. The fraction of sp³-hybridized carbons (Fsp3) is 0.280. The standard InChI is InChI=1S/C24H24FN3O4.CH2O2/c1-26-19-8-16(25)7-18-17(19)9-21(30)22(23(18)28-12-14-10-27-11-14)20(29)6-13-2-4-15(5-3-13)24(31)32;2-1-3/h2-5,7-8,14,26-27,29H,6,9-12H2,1H3,(H,31,32);1H,(H,2,3). The van der Waals surface area contributed by atoms with Gasteiger partial charge in [0, 0.05) is 56.7 Å². The Balaban J connectivity index is 0.00000108. The van der Waals surface area contributed by atoms with Gasteiger partial charge >= 0.3 is 5.97 Å². The maximum atomic E-state index is 14.4. The molecule has 0 bridgehead atoms. The highest BCUT2D eigenvalue weighted by Crippen LogP contribution is 2.32. The molecule has 0 amide bonds. The first-order chi connectivity index (χ1) is 16.8. The number of aliphatic hydroxyl groups excluding tert-OH is 1. The maximum absolute atomic E-state index is 14.4. The number of hydrogen-bond donors (Lipinski definition) is 5. The molecule has 184 valence electrons. The molecular formula is C25H26FN3O6. The van der Waals surface area contributed by atoms with Crippen LogP contribution in [0.25, 0.3) is 0 Å². The van der Waals surface area contributed by atoms with Crippen molar-refractivity contribution >= 4 is 29.6 Å². The van der Waals surface area contributed by atoms with Gasteiger partial charge < -0.3 is 26.0 Å². The number of ketones is 1. The van der Waals surface area contributed by atoms with E-state index in [0.717, 1.165) is 13.1 Å². The number of rotatable bonds is 6. The largest absolute Gasteiger partial charge is 0.511 e. The Morgan fingerprint density at radius 1 is 1.23 bits per heavy atom. The number of aliphatic imine (C=N–C) groups is 1. The summed E-state index contributed by atoms with van der Waals surface area (Å²) in [4.78, 5) is 37.2. The summed E-state index contributed by atoms with van der Waals surface area (Å²) in [6.45, 7) is 1.86. The van der Waals surface area contributed by atoms with Crippen LogP contribution in [0, 0.1) is 11.7 Å². The number of benzene rings is 2. The molecular weight excluding hydrogens is 457 g/mol. The molecule has 0 spiro atoms. The van der Waals surface area contributed by atoms with Gasteiger partial charge in [0.05, 0.1) is 16.8 Å². The first kappa shape index (κ1) is 25.6. The average Bonchev–Trinajstić information content (AvgIpc) is 2.78. The number of carboxylic acids is 1. The van der Waals surface area contributed by atoms with E-state index in [2.05, 4.69) is 15.6 Å². The number of allylic oxidation sites excluding steroid dienone is 2. The van der Waals surface area contributed by atoms with Crippen LogP contribution in [-0.4, -0.2) is 65.9 Å². The smallest absolute Gasteiger partial charge is 0.335 e. The summed E-state index contributed by atoms with van der Waals surface area (Å²) in [5, 5.41) is 33.0. The Kier molecular flexibility index (Phi) is 8.32. The Labute approximate surface area is 201 Å². The SMILES string of the molecule is CNc1cc(F)cc2c1CC(=O)C(=C(O)Cc1ccc(C(=O)O)cc1)C2=NCC1CNC1.O=CO. The Morgan fingerprint density at radius 2 is 1.89 bits per heavy atom. The summed E-state index contributed by atoms with van der Waals surface area (Å²) < 4.78 is 14.4. The summed E-state index contributed by atoms with van der Waals surface area (Å²) in [5.41, 5.74) is 2.87. The zero-order chi connectivity index (χ0) is 25.5. The third-order valence-corrected chi connectivity index (χ3v) is 5.83. The summed E-state index contributed by atoms with van der Waals surface area (Å²) in [7, 11) is 1.67. The number of aromatic carboxylic acids is 1. The minimum Gasteiger partial charge on any atom is -0.511 e. The maximum Gasteiger partial charge on any atom is 0.335 e. The lowest BCUT2D eigenvalue weighted by molar-refractivity contribution is -0.123. The fourth-order valence-corrected chi connectivity index (χ4v) is 3.98. The zero-order valence-corrected chi connectivity index (χ0v) is 19.0. The van der Waals surface area contributed by atoms with Crippen molar-refractivity contribution in [2.45, 2.75) is 12.8 Å². The van der Waals surface area contributed by atoms with Crippen LogP contribution >= 0.6 is 0 Å². The normalized spacial score (nSPS) is 17.5. The van der Waals surface area contributed by atoms with Crippen LogP contribution < -0.4 is 10.6 Å². The van der Waals surface area contributed by atoms with Gasteiger partial charge in [-0.15, -0.1) is 0 Å². The molecule has 1 aliphatic carbocycles. The van der Waals surface area contributed by atoms with Gasteiger partial charge in [0.1, 0.15) is 11.6 Å². The van der Waals surface area contributed by atoms with Gasteiger partial charge in [-0.1, -0.05) is 12.1 Å². The zero-order valence-electron chi connectivity index (χ0n) is 19.0. The van der Waals surface area contributed by atoms with E-state index < -0.39 is 11.8 Å². The Hall–Kier alpha value is -4.05. The quantitative estimate of drug-likeness (QED) is 0.239. The molecule has 2 aliphatic rings. The number of nitrogens with zero attached hydrogens (tertiary/aromatic N) is 1. The number of Topliss-reactive ketones (excluding diaryl/α,β-unsaturated/α-hetero) is 1. The molecule has 1 heterocycles. The van der Waals surface area contributed by atoms with Crippen molar-refractivity contribution < 1.29 is 34.1 Å². The molecule has 0 aromatic heterocycles. The molecule has 0 atom stereocenters. The van der Waals surface area contributed by atoms with Crippen molar-refractivity contribution in [1.29, 1.82) is 0 Å². The molecule has 9 nitrogen and oxygen atoms in total. The van der Waals surface area contributed by atoms with Crippen LogP contribution in [0.5, 0.6) is 0 Å². The van der Waals surface area contributed by atoms with E-state index in [0.29, 0.717) is 40.6 Å². The minimum absolute atomic E-state index is 0.0210. The number of hydrogen-bond acceptors (Lipinski definition) is 7. The molecule has 35 heavy (non-hydrogen) atoms. The topological polar surface area (TPSA) is 148 Å². The van der Waals surface area contributed by atoms with Gasteiger partial charge in [-0.05, 0) is 35.4 Å². The monoisotopic (exact) mass is 483 g/mol. The van der Waals surface area contributed by atoms with E-state index in [9.17, 15) is 19.1 Å². The van der Waals surface area contributed by atoms with Crippen LogP contribution in [0.3, 0.4) is 0 Å². The molecule has 1 fully saturated rings. The third kappa shape index (κ3) is 5.90. The lowest BCUT2D eigenvalue weighted by atomic mass is 9.82. The first-order valence-corrected chi connectivity index (χ1v) is 10.9. The van der Waals surface area contributed by atoms with Gasteiger partial charge in [0.25, 0.3) is 6.47 Å². The molecule has 10 heteroatoms. The molecule has 2 aromatic carbocycles. The second-order valence-electron chi connectivity index (χ2n) is 8.15. The van der Waals surface area contributed by atoms with Crippen LogP contribution in [0.2, 0.25) is 0 Å². The third-order valence-electron chi connectivity index (χ3n) is 5.83. The number of anilines is 1. The predicted octanol–water partition coefficient (Wildman–Crippen LogP) is 2.45. The van der Waals surface area contributed by atoms with E-state index >= 15 is 0 Å². The summed E-state index contributed by atoms with van der Waals surface area (Å²) in [6.07, 6.45) is 0.0572. The second kappa shape index (κ2) is 11.4. The predicted molar refractivity (Wildman–Crippen MR) is 128 cm³/mol. The van der Waals surface area contributed by atoms with Crippen molar-refractivity contribution in [1.82, 2.24) is 5.32 Å². The number of aliphatic hydroxyl groups is 1. The van der Waals surface area contributed by atoms with Crippen molar-refractivity contribution in [2.75, 3.05) is 32.0 Å². The van der Waals surface area contributed by atoms with Gasteiger partial charge in [-0.25, -0.2) is 9.18 Å². The second-order valence-corrected chi connectivity index (χ2v) is 8.15. The van der Waals surface area contributed by atoms with Crippen LogP contribution in [0.1, 0.15) is 27.0 Å². The highest BCUT2D eigenvalue weighted by Gasteiger charge is 2.32. The average molecular weight is 483 g/mol. The Bertz CT molecular complexity index is 1190. The highest BCUT2D eigenvalue weighted by atomic mass is 19.1. The molecule has 1 saturated heterocycles. The van der Waals surface area contributed by atoms with Crippen LogP contribution in [0.4, 0.5) is 10.1 Å².